The number of nitrogens with one attached hydrogen (secondary N) is 1. The predicted molar refractivity (Wildman–Crippen MR) is 116 cm³/mol. The molecule has 168 valence electrons. The molecule has 10 heteroatoms. The lowest BCUT2D eigenvalue weighted by molar-refractivity contribution is -0.137. The smallest absolute Gasteiger partial charge is 0.416 e. The molecule has 0 atom stereocenters. The number of aromatic nitrogens is 2. The zero-order valence-corrected chi connectivity index (χ0v) is 17.9. The van der Waals surface area contributed by atoms with Gasteiger partial charge in [-0.3, -0.25) is 4.79 Å². The normalized spacial score (nSPS) is 14.0. The summed E-state index contributed by atoms with van der Waals surface area (Å²) in [6.07, 6.45) is -2.14. The van der Waals surface area contributed by atoms with E-state index in [4.69, 9.17) is 4.42 Å². The van der Waals surface area contributed by atoms with E-state index in [-0.39, 0.29) is 16.9 Å². The number of nitrogens with zero attached hydrogens (tertiary/aromatic N) is 3. The maximum Gasteiger partial charge on any atom is 0.416 e. The maximum atomic E-state index is 13.2. The number of thioether (sulfide) groups is 1. The Hall–Kier alpha value is -3.01. The molecule has 0 saturated carbocycles. The molecule has 2 heterocycles. The van der Waals surface area contributed by atoms with Gasteiger partial charge in [-0.2, -0.15) is 13.2 Å². The molecule has 0 aliphatic carbocycles. The third-order valence-electron chi connectivity index (χ3n) is 5.02. The number of carbonyl (C=O) groups is 1. The lowest BCUT2D eigenvalue weighted by Gasteiger charge is -2.23. The van der Waals surface area contributed by atoms with Crippen LogP contribution >= 0.6 is 11.8 Å². The summed E-state index contributed by atoms with van der Waals surface area (Å²) in [6, 6.07) is 13.1. The van der Waals surface area contributed by atoms with Crippen molar-refractivity contribution in [1.82, 2.24) is 10.2 Å². The Morgan fingerprint density at radius 1 is 1.09 bits per heavy atom. The second-order valence-corrected chi connectivity index (χ2v) is 8.31. The van der Waals surface area contributed by atoms with E-state index in [2.05, 4.69) is 15.5 Å². The molecule has 4 rings (SSSR count). The molecule has 1 aliphatic heterocycles. The van der Waals surface area contributed by atoms with Gasteiger partial charge in [-0.1, -0.05) is 42.1 Å². The molecule has 0 radical (unpaired) electrons. The first kappa shape index (κ1) is 22.2. The fourth-order valence-corrected chi connectivity index (χ4v) is 4.07. The molecule has 0 spiro atoms. The summed E-state index contributed by atoms with van der Waals surface area (Å²) < 4.78 is 45.1. The van der Waals surface area contributed by atoms with Gasteiger partial charge < -0.3 is 14.6 Å². The van der Waals surface area contributed by atoms with Crippen LogP contribution in [0.25, 0.3) is 0 Å². The molecule has 0 bridgehead atoms. The van der Waals surface area contributed by atoms with Gasteiger partial charge in [0.2, 0.25) is 11.8 Å². The summed E-state index contributed by atoms with van der Waals surface area (Å²) in [4.78, 5) is 14.3. The lowest BCUT2D eigenvalue weighted by Crippen LogP contribution is -2.22. The van der Waals surface area contributed by atoms with Crippen molar-refractivity contribution >= 4 is 29.0 Å². The number of carbonyl (C=O) groups excluding carboxylic acids is 1. The van der Waals surface area contributed by atoms with Crippen LogP contribution in [0, 0.1) is 0 Å². The first-order chi connectivity index (χ1) is 15.4. The van der Waals surface area contributed by atoms with Gasteiger partial charge in [-0.05, 0) is 36.6 Å². The van der Waals surface area contributed by atoms with Crippen LogP contribution in [0.5, 0.6) is 0 Å². The molecule has 2 aromatic carbocycles. The van der Waals surface area contributed by atoms with E-state index in [0.29, 0.717) is 36.8 Å². The number of halogens is 3. The van der Waals surface area contributed by atoms with Crippen molar-refractivity contribution in [3.8, 4) is 0 Å². The lowest BCUT2D eigenvalue weighted by atomic mass is 10.1. The minimum Gasteiger partial charge on any atom is -0.416 e. The second-order valence-electron chi connectivity index (χ2n) is 7.38. The van der Waals surface area contributed by atoms with Crippen LogP contribution in [0.4, 0.5) is 24.5 Å². The summed E-state index contributed by atoms with van der Waals surface area (Å²) in [6.45, 7) is 1.32. The summed E-state index contributed by atoms with van der Waals surface area (Å²) in [5, 5.41) is 10.9. The standard InChI is InChI=1S/C22H21F3N4O2S/c23-22(24,25)16-8-9-17(18(13-16)29-10-4-5-11-29)26-19(30)14-32-21-28-27-20(31-21)12-15-6-2-1-3-7-15/h1-3,6-9,13H,4-5,10-12,14H2,(H,26,30). The quantitative estimate of drug-likeness (QED) is 0.498. The highest BCUT2D eigenvalue weighted by Gasteiger charge is 2.32. The van der Waals surface area contributed by atoms with Crippen LogP contribution in [0.2, 0.25) is 0 Å². The Kier molecular flexibility index (Phi) is 6.69. The van der Waals surface area contributed by atoms with E-state index in [1.54, 1.807) is 0 Å². The predicted octanol–water partition coefficient (Wildman–Crippen LogP) is 5.01. The van der Waals surface area contributed by atoms with Crippen molar-refractivity contribution in [3.63, 3.8) is 0 Å². The number of alkyl halides is 3. The molecule has 1 aliphatic rings. The largest absolute Gasteiger partial charge is 0.416 e. The Morgan fingerprint density at radius 3 is 2.56 bits per heavy atom. The third-order valence-corrected chi connectivity index (χ3v) is 5.84. The number of hydrogen-bond donors (Lipinski definition) is 1. The highest BCUT2D eigenvalue weighted by atomic mass is 32.2. The first-order valence-corrected chi connectivity index (χ1v) is 11.1. The van der Waals surface area contributed by atoms with Crippen LogP contribution < -0.4 is 10.2 Å². The molecule has 32 heavy (non-hydrogen) atoms. The van der Waals surface area contributed by atoms with Crippen molar-refractivity contribution in [1.29, 1.82) is 0 Å². The van der Waals surface area contributed by atoms with Crippen molar-refractivity contribution in [2.45, 2.75) is 30.7 Å². The molecule has 1 N–H and O–H groups in total. The van der Waals surface area contributed by atoms with E-state index < -0.39 is 11.7 Å². The van der Waals surface area contributed by atoms with Gasteiger partial charge >= 0.3 is 6.18 Å². The van der Waals surface area contributed by atoms with Gasteiger partial charge in [0.25, 0.3) is 5.22 Å². The highest BCUT2D eigenvalue weighted by molar-refractivity contribution is 7.99. The third kappa shape index (κ3) is 5.61. The van der Waals surface area contributed by atoms with Crippen LogP contribution in [-0.2, 0) is 17.4 Å². The maximum absolute atomic E-state index is 13.2. The average Bonchev–Trinajstić information content (AvgIpc) is 3.45. The summed E-state index contributed by atoms with van der Waals surface area (Å²) in [5.41, 5.74) is 1.05. The fourth-order valence-electron chi connectivity index (χ4n) is 3.49. The Balaban J connectivity index is 1.39. The van der Waals surface area contributed by atoms with Crippen LogP contribution in [0.15, 0.2) is 58.2 Å². The zero-order chi connectivity index (χ0) is 22.6. The molecule has 1 amide bonds. The molecule has 6 nitrogen and oxygen atoms in total. The van der Waals surface area contributed by atoms with Crippen molar-refractivity contribution < 1.29 is 22.4 Å². The van der Waals surface area contributed by atoms with E-state index in [1.807, 2.05) is 35.2 Å². The van der Waals surface area contributed by atoms with Crippen LogP contribution in [-0.4, -0.2) is 34.9 Å². The average molecular weight is 462 g/mol. The van der Waals surface area contributed by atoms with Gasteiger partial charge in [-0.15, -0.1) is 10.2 Å². The first-order valence-electron chi connectivity index (χ1n) is 10.1. The van der Waals surface area contributed by atoms with Gasteiger partial charge in [0.15, 0.2) is 0 Å². The Morgan fingerprint density at radius 2 is 1.84 bits per heavy atom. The number of amides is 1. The molecule has 1 aromatic heterocycles. The SMILES string of the molecule is O=C(CSc1nnc(Cc2ccccc2)o1)Nc1ccc(C(F)(F)F)cc1N1CCCC1. The van der Waals surface area contributed by atoms with Crippen molar-refractivity contribution in [3.05, 3.63) is 65.5 Å². The number of rotatable bonds is 7. The van der Waals surface area contributed by atoms with Crippen LogP contribution in [0.3, 0.4) is 0 Å². The van der Waals surface area contributed by atoms with E-state index in [0.717, 1.165) is 42.3 Å². The monoisotopic (exact) mass is 462 g/mol. The summed E-state index contributed by atoms with van der Waals surface area (Å²) in [5.74, 6) is 0.0733. The second kappa shape index (κ2) is 9.64. The minimum absolute atomic E-state index is 0.00652. The van der Waals surface area contributed by atoms with Crippen LogP contribution in [0.1, 0.15) is 29.9 Å². The minimum atomic E-state index is -4.44. The Bertz CT molecular complexity index is 1070. The highest BCUT2D eigenvalue weighted by Crippen LogP contribution is 2.37. The molecule has 0 unspecified atom stereocenters. The fraction of sp³-hybridized carbons (Fsp3) is 0.318. The van der Waals surface area contributed by atoms with E-state index >= 15 is 0 Å². The number of benzene rings is 2. The van der Waals surface area contributed by atoms with Gasteiger partial charge in [-0.25, -0.2) is 0 Å². The molecular weight excluding hydrogens is 441 g/mol. The molecule has 1 saturated heterocycles. The zero-order valence-electron chi connectivity index (χ0n) is 17.1. The molecular formula is C22H21F3N4O2S. The number of hydrogen-bond acceptors (Lipinski definition) is 6. The van der Waals surface area contributed by atoms with Crippen molar-refractivity contribution in [2.75, 3.05) is 29.1 Å². The Labute approximate surface area is 187 Å². The molecule has 1 fully saturated rings. The van der Waals surface area contributed by atoms with Gasteiger partial charge in [0.05, 0.1) is 29.1 Å². The summed E-state index contributed by atoms with van der Waals surface area (Å²) in [7, 11) is 0. The van der Waals surface area contributed by atoms with Gasteiger partial charge in [0, 0.05) is 13.1 Å². The van der Waals surface area contributed by atoms with E-state index in [9.17, 15) is 18.0 Å². The number of anilines is 2. The summed E-state index contributed by atoms with van der Waals surface area (Å²) >= 11 is 1.08. The molecule has 3 aromatic rings. The van der Waals surface area contributed by atoms with E-state index in [1.165, 1.54) is 6.07 Å². The topological polar surface area (TPSA) is 71.3 Å². The van der Waals surface area contributed by atoms with Crippen molar-refractivity contribution in [2.24, 2.45) is 0 Å². The van der Waals surface area contributed by atoms with Gasteiger partial charge in [0.1, 0.15) is 0 Å².